The van der Waals surface area contributed by atoms with E-state index >= 15 is 0 Å². The molecular weight excluding hydrogens is 334 g/mol. The number of aryl methyl sites for hydroxylation is 2. The van der Waals surface area contributed by atoms with Gasteiger partial charge in [-0.25, -0.2) is 9.48 Å². The summed E-state index contributed by atoms with van der Waals surface area (Å²) >= 11 is 0. The van der Waals surface area contributed by atoms with E-state index in [-0.39, 0.29) is 24.9 Å². The van der Waals surface area contributed by atoms with Crippen molar-refractivity contribution in [1.82, 2.24) is 24.9 Å². The highest BCUT2D eigenvalue weighted by Gasteiger charge is 2.30. The second-order valence-corrected chi connectivity index (χ2v) is 6.40. The second kappa shape index (κ2) is 6.99. The highest BCUT2D eigenvalue weighted by Crippen LogP contribution is 2.15. The lowest BCUT2D eigenvalue weighted by Gasteiger charge is -2.20. The van der Waals surface area contributed by atoms with E-state index in [1.54, 1.807) is 7.05 Å². The van der Waals surface area contributed by atoms with Gasteiger partial charge >= 0.3 is 6.03 Å². The number of benzene rings is 1. The van der Waals surface area contributed by atoms with Crippen molar-refractivity contribution in [3.63, 3.8) is 0 Å². The molecule has 3 rings (SSSR count). The number of urea groups is 1. The Kier molecular flexibility index (Phi) is 4.75. The van der Waals surface area contributed by atoms with Gasteiger partial charge < -0.3 is 10.2 Å². The number of likely N-dealkylation sites (N-methyl/N-ethyl adjacent to an activating group) is 1. The van der Waals surface area contributed by atoms with Gasteiger partial charge in [-0.15, -0.1) is 0 Å². The first kappa shape index (κ1) is 17.7. The zero-order valence-corrected chi connectivity index (χ0v) is 15.0. The molecule has 0 atom stereocenters. The topological polar surface area (TPSA) is 87.5 Å². The monoisotopic (exact) mass is 355 g/mol. The molecule has 0 radical (unpaired) electrons. The molecule has 1 aromatic heterocycles. The Labute approximate surface area is 151 Å². The summed E-state index contributed by atoms with van der Waals surface area (Å²) in [7, 11) is 1.65. The molecule has 0 spiro atoms. The van der Waals surface area contributed by atoms with Gasteiger partial charge in [-0.1, -0.05) is 12.1 Å². The number of nitrogens with zero attached hydrogens (tertiary/aromatic N) is 4. The van der Waals surface area contributed by atoms with Crippen molar-refractivity contribution in [2.45, 2.75) is 20.4 Å². The number of carbonyl (C=O) groups excluding carboxylic acids is 3. The molecule has 26 heavy (non-hydrogen) atoms. The van der Waals surface area contributed by atoms with Gasteiger partial charge in [0.05, 0.1) is 17.9 Å². The molecule has 1 aliphatic heterocycles. The van der Waals surface area contributed by atoms with Crippen LogP contribution in [0.25, 0.3) is 5.69 Å². The quantitative estimate of drug-likeness (QED) is 0.811. The molecule has 0 aliphatic carbocycles. The molecule has 2 heterocycles. The number of rotatable bonds is 5. The van der Waals surface area contributed by atoms with Gasteiger partial charge in [0.25, 0.3) is 5.91 Å². The van der Waals surface area contributed by atoms with Crippen LogP contribution in [0.3, 0.4) is 0 Å². The Hall–Kier alpha value is -3.16. The lowest BCUT2D eigenvalue weighted by molar-refractivity contribution is -0.135. The van der Waals surface area contributed by atoms with Crippen molar-refractivity contribution in [1.29, 1.82) is 0 Å². The molecule has 1 aliphatic rings. The molecular formula is C18H21N5O3. The van der Waals surface area contributed by atoms with Crippen LogP contribution >= 0.6 is 0 Å². The molecule has 136 valence electrons. The fourth-order valence-electron chi connectivity index (χ4n) is 2.91. The first-order chi connectivity index (χ1) is 12.3. The SMILES string of the molecule is Cc1cc(C)n(-c2cccc(CN(C)C(=O)CN3C(=O)CNC3=O)c2)n1. The van der Waals surface area contributed by atoms with E-state index in [1.807, 2.05) is 48.9 Å². The molecule has 2 aromatic rings. The Morgan fingerprint density at radius 2 is 2.04 bits per heavy atom. The molecule has 0 saturated carbocycles. The Morgan fingerprint density at radius 1 is 1.27 bits per heavy atom. The summed E-state index contributed by atoms with van der Waals surface area (Å²) in [6.45, 7) is 3.99. The van der Waals surface area contributed by atoms with Crippen LogP contribution in [0.5, 0.6) is 0 Å². The molecule has 0 bridgehead atoms. The fourth-order valence-corrected chi connectivity index (χ4v) is 2.91. The number of amides is 4. The summed E-state index contributed by atoms with van der Waals surface area (Å²) in [6.07, 6.45) is 0. The Balaban J connectivity index is 1.69. The van der Waals surface area contributed by atoms with E-state index < -0.39 is 6.03 Å². The van der Waals surface area contributed by atoms with Gasteiger partial charge in [-0.05, 0) is 37.6 Å². The lowest BCUT2D eigenvalue weighted by Crippen LogP contribution is -2.41. The fraction of sp³-hybridized carbons (Fsp3) is 0.333. The Bertz CT molecular complexity index is 857. The van der Waals surface area contributed by atoms with Crippen LogP contribution < -0.4 is 5.32 Å². The highest BCUT2D eigenvalue weighted by atomic mass is 16.2. The average molecular weight is 355 g/mol. The minimum atomic E-state index is -0.525. The maximum absolute atomic E-state index is 12.3. The van der Waals surface area contributed by atoms with Crippen molar-refractivity contribution < 1.29 is 14.4 Å². The summed E-state index contributed by atoms with van der Waals surface area (Å²) in [6, 6.07) is 9.24. The average Bonchev–Trinajstić information content (AvgIpc) is 3.10. The maximum atomic E-state index is 12.3. The van der Waals surface area contributed by atoms with Crippen LogP contribution in [0.2, 0.25) is 0 Å². The van der Waals surface area contributed by atoms with Gasteiger partial charge in [0, 0.05) is 19.3 Å². The van der Waals surface area contributed by atoms with Gasteiger partial charge in [-0.2, -0.15) is 5.10 Å². The molecule has 4 amide bonds. The molecule has 1 saturated heterocycles. The molecule has 1 aromatic carbocycles. The Morgan fingerprint density at radius 3 is 2.65 bits per heavy atom. The molecule has 1 fully saturated rings. The molecule has 0 unspecified atom stereocenters. The second-order valence-electron chi connectivity index (χ2n) is 6.40. The largest absolute Gasteiger partial charge is 0.340 e. The summed E-state index contributed by atoms with van der Waals surface area (Å²) in [5.41, 5.74) is 3.82. The lowest BCUT2D eigenvalue weighted by atomic mass is 10.2. The van der Waals surface area contributed by atoms with E-state index in [0.717, 1.165) is 27.5 Å². The zero-order valence-electron chi connectivity index (χ0n) is 15.0. The van der Waals surface area contributed by atoms with Gasteiger partial charge in [-0.3, -0.25) is 14.5 Å². The number of hydrogen-bond acceptors (Lipinski definition) is 4. The molecule has 8 nitrogen and oxygen atoms in total. The first-order valence-corrected chi connectivity index (χ1v) is 8.30. The van der Waals surface area contributed by atoms with Gasteiger partial charge in [0.2, 0.25) is 5.91 Å². The maximum Gasteiger partial charge on any atom is 0.325 e. The van der Waals surface area contributed by atoms with Crippen LogP contribution in [-0.4, -0.2) is 57.6 Å². The van der Waals surface area contributed by atoms with Crippen LogP contribution in [0.1, 0.15) is 17.0 Å². The van der Waals surface area contributed by atoms with E-state index in [1.165, 1.54) is 4.90 Å². The minimum absolute atomic E-state index is 0.0550. The predicted molar refractivity (Wildman–Crippen MR) is 94.6 cm³/mol. The van der Waals surface area contributed by atoms with Crippen molar-refractivity contribution in [3.8, 4) is 5.69 Å². The first-order valence-electron chi connectivity index (χ1n) is 8.30. The van der Waals surface area contributed by atoms with Crippen molar-refractivity contribution in [2.75, 3.05) is 20.1 Å². The smallest absolute Gasteiger partial charge is 0.325 e. The number of hydrogen-bond donors (Lipinski definition) is 1. The van der Waals surface area contributed by atoms with Gasteiger partial charge in [0.1, 0.15) is 6.54 Å². The number of carbonyl (C=O) groups is 3. The number of aromatic nitrogens is 2. The minimum Gasteiger partial charge on any atom is -0.340 e. The highest BCUT2D eigenvalue weighted by molar-refractivity contribution is 6.04. The molecule has 1 N–H and O–H groups in total. The normalized spacial score (nSPS) is 13.9. The predicted octanol–water partition coefficient (Wildman–Crippen LogP) is 0.999. The number of nitrogens with one attached hydrogen (secondary N) is 1. The molecule has 8 heteroatoms. The van der Waals surface area contributed by atoms with E-state index in [9.17, 15) is 14.4 Å². The van der Waals surface area contributed by atoms with Crippen molar-refractivity contribution in [2.24, 2.45) is 0 Å². The summed E-state index contributed by atoms with van der Waals surface area (Å²) in [5.74, 6) is -0.685. The summed E-state index contributed by atoms with van der Waals surface area (Å²) in [5, 5.41) is 6.87. The van der Waals surface area contributed by atoms with Crippen LogP contribution in [-0.2, 0) is 16.1 Å². The third-order valence-electron chi connectivity index (χ3n) is 4.24. The summed E-state index contributed by atoms with van der Waals surface area (Å²) < 4.78 is 1.86. The van der Waals surface area contributed by atoms with Crippen molar-refractivity contribution in [3.05, 3.63) is 47.3 Å². The third-order valence-corrected chi connectivity index (χ3v) is 4.24. The van der Waals surface area contributed by atoms with E-state index in [0.29, 0.717) is 6.54 Å². The van der Waals surface area contributed by atoms with Crippen LogP contribution in [0.15, 0.2) is 30.3 Å². The van der Waals surface area contributed by atoms with Gasteiger partial charge in [0.15, 0.2) is 0 Å². The van der Waals surface area contributed by atoms with Crippen molar-refractivity contribution >= 4 is 17.8 Å². The zero-order chi connectivity index (χ0) is 18.8. The van der Waals surface area contributed by atoms with E-state index in [4.69, 9.17) is 0 Å². The summed E-state index contributed by atoms with van der Waals surface area (Å²) in [4.78, 5) is 37.9. The van der Waals surface area contributed by atoms with Crippen LogP contribution in [0.4, 0.5) is 4.79 Å². The third kappa shape index (κ3) is 3.58. The van der Waals surface area contributed by atoms with Crippen LogP contribution in [0, 0.1) is 13.8 Å². The number of imide groups is 1. The standard InChI is InChI=1S/C18H21N5O3/c1-12-7-13(2)23(20-12)15-6-4-5-14(8-15)10-21(3)17(25)11-22-16(24)9-19-18(22)26/h4-8H,9-11H2,1-3H3,(H,19,26). The van der Waals surface area contributed by atoms with E-state index in [2.05, 4.69) is 10.4 Å².